The monoisotopic (exact) mass is 433 g/mol. The molecule has 0 spiro atoms. The van der Waals surface area contributed by atoms with Gasteiger partial charge < -0.3 is 4.90 Å². The van der Waals surface area contributed by atoms with Gasteiger partial charge in [0.05, 0.1) is 27.0 Å². The summed E-state index contributed by atoms with van der Waals surface area (Å²) >= 11 is 5.79. The number of nitro benzene ring substituents is 1. The van der Waals surface area contributed by atoms with Gasteiger partial charge in [0.15, 0.2) is 0 Å². The summed E-state index contributed by atoms with van der Waals surface area (Å²) in [6.07, 6.45) is 1.68. The van der Waals surface area contributed by atoms with Crippen LogP contribution in [0.1, 0.15) is 0 Å². The Morgan fingerprint density at radius 3 is 2.41 bits per heavy atom. The molecule has 1 aromatic heterocycles. The summed E-state index contributed by atoms with van der Waals surface area (Å²) in [5, 5.41) is 11.0. The van der Waals surface area contributed by atoms with Crippen molar-refractivity contribution >= 4 is 44.2 Å². The Bertz CT molecular complexity index is 1200. The topological polar surface area (TPSA) is 110 Å². The van der Waals surface area contributed by atoms with Gasteiger partial charge in [-0.1, -0.05) is 23.7 Å². The molecule has 0 N–H and O–H groups in total. The summed E-state index contributed by atoms with van der Waals surface area (Å²) in [5.74, 6) is 0.683. The number of sulfonamides is 1. The van der Waals surface area contributed by atoms with Crippen molar-refractivity contribution in [3.63, 3.8) is 0 Å². The normalized spacial score (nSPS) is 15.6. The van der Waals surface area contributed by atoms with Crippen molar-refractivity contribution in [2.24, 2.45) is 0 Å². The average Bonchev–Trinajstić information content (AvgIpc) is 2.73. The van der Waals surface area contributed by atoms with Gasteiger partial charge in [0.25, 0.3) is 5.69 Å². The predicted octanol–water partition coefficient (Wildman–Crippen LogP) is 2.70. The first-order chi connectivity index (χ1) is 13.9. The van der Waals surface area contributed by atoms with E-state index in [0.29, 0.717) is 18.9 Å². The Morgan fingerprint density at radius 2 is 1.72 bits per heavy atom. The molecule has 2 aromatic carbocycles. The third-order valence-corrected chi connectivity index (χ3v) is 6.96. The largest absolute Gasteiger partial charge is 0.353 e. The Balaban J connectivity index is 1.52. The molecule has 0 unspecified atom stereocenters. The molecule has 11 heteroatoms. The van der Waals surface area contributed by atoms with Crippen molar-refractivity contribution in [3.8, 4) is 0 Å². The van der Waals surface area contributed by atoms with Gasteiger partial charge in [-0.15, -0.1) is 0 Å². The van der Waals surface area contributed by atoms with Gasteiger partial charge in [-0.25, -0.2) is 13.4 Å². The number of aromatic nitrogens is 2. The van der Waals surface area contributed by atoms with E-state index in [1.165, 1.54) is 16.4 Å². The van der Waals surface area contributed by atoms with Crippen molar-refractivity contribution in [3.05, 3.63) is 63.8 Å². The number of nitrogens with zero attached hydrogens (tertiary/aromatic N) is 5. The maximum absolute atomic E-state index is 12.9. The van der Waals surface area contributed by atoms with Crippen LogP contribution in [-0.2, 0) is 10.0 Å². The van der Waals surface area contributed by atoms with Gasteiger partial charge in [0, 0.05) is 32.2 Å². The van der Waals surface area contributed by atoms with E-state index in [2.05, 4.69) is 9.97 Å². The standard InChI is InChI=1S/C18H16ClN5O4S/c19-14-6-5-13(11-17(14)24(25)26)29(27,28)23-9-7-22(8-10-23)18-12-20-15-3-1-2-4-16(15)21-18/h1-6,11-12H,7-10H2. The third kappa shape index (κ3) is 3.74. The molecule has 0 radical (unpaired) electrons. The molecule has 0 saturated carbocycles. The number of hydrogen-bond acceptors (Lipinski definition) is 7. The maximum Gasteiger partial charge on any atom is 0.289 e. The Morgan fingerprint density at radius 1 is 1.03 bits per heavy atom. The van der Waals surface area contributed by atoms with Crippen molar-refractivity contribution in [2.75, 3.05) is 31.1 Å². The number of piperazine rings is 1. The van der Waals surface area contributed by atoms with Crippen LogP contribution >= 0.6 is 11.6 Å². The highest BCUT2D eigenvalue weighted by atomic mass is 35.5. The molecule has 2 heterocycles. The summed E-state index contributed by atoms with van der Waals surface area (Å²) < 4.78 is 27.1. The third-order valence-electron chi connectivity index (χ3n) is 4.75. The van der Waals surface area contributed by atoms with Crippen molar-refractivity contribution in [2.45, 2.75) is 4.90 Å². The first-order valence-corrected chi connectivity index (χ1v) is 10.6. The van der Waals surface area contributed by atoms with Crippen molar-refractivity contribution in [1.29, 1.82) is 0 Å². The number of nitro groups is 1. The molecule has 0 amide bonds. The van der Waals surface area contributed by atoms with Crippen LogP contribution in [0, 0.1) is 10.1 Å². The van der Waals surface area contributed by atoms with E-state index in [9.17, 15) is 18.5 Å². The van der Waals surface area contributed by atoms with Crippen LogP contribution in [0.2, 0.25) is 5.02 Å². The Hall–Kier alpha value is -2.82. The maximum atomic E-state index is 12.9. The van der Waals surface area contributed by atoms with Crippen LogP contribution in [0.4, 0.5) is 11.5 Å². The zero-order valence-corrected chi connectivity index (χ0v) is 16.7. The molecule has 0 bridgehead atoms. The summed E-state index contributed by atoms with van der Waals surface area (Å²) in [4.78, 5) is 21.2. The van der Waals surface area contributed by atoms with Gasteiger partial charge in [0.1, 0.15) is 10.8 Å². The van der Waals surface area contributed by atoms with Gasteiger partial charge >= 0.3 is 0 Å². The molecule has 1 fully saturated rings. The fourth-order valence-electron chi connectivity index (χ4n) is 3.20. The van der Waals surface area contributed by atoms with E-state index in [0.717, 1.165) is 17.1 Å². The molecule has 3 aromatic rings. The van der Waals surface area contributed by atoms with E-state index >= 15 is 0 Å². The van der Waals surface area contributed by atoms with Crippen LogP contribution in [0.3, 0.4) is 0 Å². The molecular weight excluding hydrogens is 418 g/mol. The Kier molecular flexibility index (Phi) is 5.07. The minimum absolute atomic E-state index is 0.103. The van der Waals surface area contributed by atoms with Crippen LogP contribution < -0.4 is 4.90 Å². The molecule has 29 heavy (non-hydrogen) atoms. The van der Waals surface area contributed by atoms with E-state index < -0.39 is 20.6 Å². The zero-order chi connectivity index (χ0) is 20.6. The molecule has 0 aliphatic carbocycles. The second-order valence-electron chi connectivity index (χ2n) is 6.48. The highest BCUT2D eigenvalue weighted by molar-refractivity contribution is 7.89. The first kappa shape index (κ1) is 19.5. The van der Waals surface area contributed by atoms with Crippen LogP contribution in [0.25, 0.3) is 11.0 Å². The second-order valence-corrected chi connectivity index (χ2v) is 8.82. The smallest absolute Gasteiger partial charge is 0.289 e. The lowest BCUT2D eigenvalue weighted by Crippen LogP contribution is -2.49. The van der Waals surface area contributed by atoms with Gasteiger partial charge in [0.2, 0.25) is 10.0 Å². The fraction of sp³-hybridized carbons (Fsp3) is 0.222. The number of fused-ring (bicyclic) bond motifs is 1. The van der Waals surface area contributed by atoms with Gasteiger partial charge in [-0.3, -0.25) is 15.1 Å². The summed E-state index contributed by atoms with van der Waals surface area (Å²) in [6, 6.07) is 11.0. The predicted molar refractivity (Wildman–Crippen MR) is 109 cm³/mol. The summed E-state index contributed by atoms with van der Waals surface area (Å²) in [5.41, 5.74) is 1.13. The number of para-hydroxylation sites is 2. The molecule has 150 valence electrons. The minimum Gasteiger partial charge on any atom is -0.353 e. The van der Waals surface area contributed by atoms with Crippen molar-refractivity contribution in [1.82, 2.24) is 14.3 Å². The Labute approximate surface area is 171 Å². The van der Waals surface area contributed by atoms with E-state index in [1.807, 2.05) is 29.2 Å². The van der Waals surface area contributed by atoms with Crippen LogP contribution in [-0.4, -0.2) is 53.8 Å². The quantitative estimate of drug-likeness (QED) is 0.459. The molecular formula is C18H16ClN5O4S. The average molecular weight is 434 g/mol. The van der Waals surface area contributed by atoms with E-state index in [4.69, 9.17) is 11.6 Å². The van der Waals surface area contributed by atoms with Crippen molar-refractivity contribution < 1.29 is 13.3 Å². The lowest BCUT2D eigenvalue weighted by atomic mass is 10.3. The SMILES string of the molecule is O=[N+]([O-])c1cc(S(=O)(=O)N2CCN(c3cnc4ccccc4n3)CC2)ccc1Cl. The number of halogens is 1. The van der Waals surface area contributed by atoms with Gasteiger partial charge in [-0.2, -0.15) is 4.31 Å². The lowest BCUT2D eigenvalue weighted by molar-refractivity contribution is -0.384. The zero-order valence-electron chi connectivity index (χ0n) is 15.1. The number of anilines is 1. The molecule has 9 nitrogen and oxygen atoms in total. The number of hydrogen-bond donors (Lipinski definition) is 0. The lowest BCUT2D eigenvalue weighted by Gasteiger charge is -2.34. The minimum atomic E-state index is -3.87. The summed E-state index contributed by atoms with van der Waals surface area (Å²) in [7, 11) is -3.87. The molecule has 4 rings (SSSR count). The van der Waals surface area contributed by atoms with Crippen LogP contribution in [0.15, 0.2) is 53.6 Å². The summed E-state index contributed by atoms with van der Waals surface area (Å²) in [6.45, 7) is 1.32. The van der Waals surface area contributed by atoms with Crippen LogP contribution in [0.5, 0.6) is 0 Å². The molecule has 1 aliphatic heterocycles. The fourth-order valence-corrected chi connectivity index (χ4v) is 4.83. The number of benzene rings is 2. The highest BCUT2D eigenvalue weighted by Crippen LogP contribution is 2.29. The molecule has 0 atom stereocenters. The second kappa shape index (κ2) is 7.54. The first-order valence-electron chi connectivity index (χ1n) is 8.77. The van der Waals surface area contributed by atoms with Gasteiger partial charge in [-0.05, 0) is 24.3 Å². The molecule has 1 aliphatic rings. The molecule has 1 saturated heterocycles. The highest BCUT2D eigenvalue weighted by Gasteiger charge is 2.30. The van der Waals surface area contributed by atoms with E-state index in [-0.39, 0.29) is 23.0 Å². The number of rotatable bonds is 4. The van der Waals surface area contributed by atoms with E-state index in [1.54, 1.807) is 6.20 Å².